The highest BCUT2D eigenvalue weighted by atomic mass is 16.5. The molecule has 3 heterocycles. The van der Waals surface area contributed by atoms with E-state index < -0.39 is 0 Å². The van der Waals surface area contributed by atoms with Gasteiger partial charge in [0, 0.05) is 35.8 Å². The van der Waals surface area contributed by atoms with Gasteiger partial charge in [-0.15, -0.1) is 0 Å². The SMILES string of the molecule is Cc1ccc(-c2noc(C3CCN(C(=O)Cn4c(C)cc5ccccc54)CC3)n2)cc1. The molecule has 0 atom stereocenters. The van der Waals surface area contributed by atoms with E-state index in [0.29, 0.717) is 31.3 Å². The molecule has 6 nitrogen and oxygen atoms in total. The van der Waals surface area contributed by atoms with E-state index in [4.69, 9.17) is 4.52 Å². The predicted octanol–water partition coefficient (Wildman–Crippen LogP) is 4.71. The lowest BCUT2D eigenvalue weighted by atomic mass is 9.96. The first-order valence-corrected chi connectivity index (χ1v) is 10.8. The quantitative estimate of drug-likeness (QED) is 0.485. The number of likely N-dealkylation sites (tertiary alicyclic amines) is 1. The minimum Gasteiger partial charge on any atom is -0.341 e. The van der Waals surface area contributed by atoms with Crippen molar-refractivity contribution >= 4 is 16.8 Å². The van der Waals surface area contributed by atoms with Crippen molar-refractivity contribution < 1.29 is 9.32 Å². The van der Waals surface area contributed by atoms with Crippen LogP contribution in [0.5, 0.6) is 0 Å². The molecule has 0 radical (unpaired) electrons. The van der Waals surface area contributed by atoms with Crippen LogP contribution in [0, 0.1) is 13.8 Å². The maximum atomic E-state index is 13.0. The molecule has 1 amide bonds. The normalized spacial score (nSPS) is 15.0. The highest BCUT2D eigenvalue weighted by molar-refractivity contribution is 5.84. The fourth-order valence-corrected chi connectivity index (χ4v) is 4.39. The number of nitrogens with zero attached hydrogens (tertiary/aromatic N) is 4. The summed E-state index contributed by atoms with van der Waals surface area (Å²) in [4.78, 5) is 19.6. The summed E-state index contributed by atoms with van der Waals surface area (Å²) in [6, 6.07) is 18.5. The number of para-hydroxylation sites is 1. The second kappa shape index (κ2) is 8.02. The Kier molecular flexibility index (Phi) is 5.06. The van der Waals surface area contributed by atoms with Crippen molar-refractivity contribution in [1.82, 2.24) is 19.6 Å². The Morgan fingerprint density at radius 3 is 2.58 bits per heavy atom. The summed E-state index contributed by atoms with van der Waals surface area (Å²) in [5, 5.41) is 5.34. The molecule has 6 heteroatoms. The molecule has 158 valence electrons. The number of hydrogen-bond acceptors (Lipinski definition) is 4. The highest BCUT2D eigenvalue weighted by Gasteiger charge is 2.28. The monoisotopic (exact) mass is 414 g/mol. The van der Waals surface area contributed by atoms with Crippen LogP contribution < -0.4 is 0 Å². The van der Waals surface area contributed by atoms with E-state index in [1.807, 2.05) is 41.3 Å². The summed E-state index contributed by atoms with van der Waals surface area (Å²) in [5.74, 6) is 1.66. The van der Waals surface area contributed by atoms with Crippen molar-refractivity contribution in [3.05, 3.63) is 71.7 Å². The summed E-state index contributed by atoms with van der Waals surface area (Å²) in [5.41, 5.74) is 4.38. The zero-order chi connectivity index (χ0) is 21.4. The van der Waals surface area contributed by atoms with Crippen LogP contribution in [0.4, 0.5) is 0 Å². The van der Waals surface area contributed by atoms with Crippen LogP contribution in [-0.2, 0) is 11.3 Å². The highest BCUT2D eigenvalue weighted by Crippen LogP contribution is 2.29. The lowest BCUT2D eigenvalue weighted by molar-refractivity contribution is -0.132. The number of rotatable bonds is 4. The molecule has 5 rings (SSSR count). The maximum Gasteiger partial charge on any atom is 0.242 e. The molecule has 2 aromatic heterocycles. The van der Waals surface area contributed by atoms with Gasteiger partial charge in [-0.05, 0) is 44.2 Å². The molecule has 1 aliphatic heterocycles. The number of carbonyl (C=O) groups is 1. The molecule has 1 aliphatic rings. The molecule has 0 spiro atoms. The van der Waals surface area contributed by atoms with Crippen LogP contribution in [-0.4, -0.2) is 38.6 Å². The molecule has 0 saturated carbocycles. The number of amides is 1. The Morgan fingerprint density at radius 2 is 1.81 bits per heavy atom. The van der Waals surface area contributed by atoms with Crippen LogP contribution in [0.1, 0.15) is 35.9 Å². The van der Waals surface area contributed by atoms with Crippen molar-refractivity contribution in [1.29, 1.82) is 0 Å². The number of carbonyl (C=O) groups excluding carboxylic acids is 1. The molecule has 4 aromatic rings. The largest absolute Gasteiger partial charge is 0.341 e. The number of aromatic nitrogens is 3. The van der Waals surface area contributed by atoms with Crippen molar-refractivity contribution in [2.75, 3.05) is 13.1 Å². The summed E-state index contributed by atoms with van der Waals surface area (Å²) in [6.07, 6.45) is 1.68. The smallest absolute Gasteiger partial charge is 0.242 e. The maximum absolute atomic E-state index is 13.0. The van der Waals surface area contributed by atoms with Crippen LogP contribution in [0.25, 0.3) is 22.3 Å². The van der Waals surface area contributed by atoms with Gasteiger partial charge in [0.15, 0.2) is 0 Å². The molecule has 0 bridgehead atoms. The Bertz CT molecular complexity index is 1210. The molecular formula is C25H26N4O2. The number of piperidine rings is 1. The standard InChI is InChI=1S/C25H26N4O2/c1-17-7-9-19(10-8-17)24-26-25(31-27-24)20-11-13-28(14-12-20)23(30)16-29-18(2)15-21-5-3-4-6-22(21)29/h3-10,15,20H,11-14,16H2,1-2H3. The average molecular weight is 415 g/mol. The van der Waals surface area contributed by atoms with Gasteiger partial charge in [0.25, 0.3) is 0 Å². The van der Waals surface area contributed by atoms with E-state index >= 15 is 0 Å². The van der Waals surface area contributed by atoms with Crippen molar-refractivity contribution in [3.63, 3.8) is 0 Å². The Hall–Kier alpha value is -3.41. The molecule has 2 aromatic carbocycles. The molecule has 1 fully saturated rings. The number of benzene rings is 2. The van der Waals surface area contributed by atoms with E-state index in [2.05, 4.69) is 46.8 Å². The van der Waals surface area contributed by atoms with Crippen LogP contribution >= 0.6 is 0 Å². The second-order valence-electron chi connectivity index (χ2n) is 8.41. The van der Waals surface area contributed by atoms with Crippen LogP contribution in [0.2, 0.25) is 0 Å². The van der Waals surface area contributed by atoms with Gasteiger partial charge in [0.2, 0.25) is 17.6 Å². The van der Waals surface area contributed by atoms with E-state index in [9.17, 15) is 4.79 Å². The van der Waals surface area contributed by atoms with Gasteiger partial charge in [0.1, 0.15) is 6.54 Å². The van der Waals surface area contributed by atoms with Gasteiger partial charge in [0.05, 0.1) is 0 Å². The Labute approximate surface area is 181 Å². The molecule has 0 unspecified atom stereocenters. The molecule has 31 heavy (non-hydrogen) atoms. The van der Waals surface area contributed by atoms with Crippen molar-refractivity contribution in [3.8, 4) is 11.4 Å². The lowest BCUT2D eigenvalue weighted by Gasteiger charge is -2.30. The molecule has 1 saturated heterocycles. The third-order valence-electron chi connectivity index (χ3n) is 6.26. The van der Waals surface area contributed by atoms with Crippen molar-refractivity contribution in [2.45, 2.75) is 39.2 Å². The fourth-order valence-electron chi connectivity index (χ4n) is 4.39. The summed E-state index contributed by atoms with van der Waals surface area (Å²) in [7, 11) is 0. The average Bonchev–Trinajstić information content (AvgIpc) is 3.40. The Morgan fingerprint density at radius 1 is 1.06 bits per heavy atom. The van der Waals surface area contributed by atoms with Crippen LogP contribution in [0.3, 0.4) is 0 Å². The van der Waals surface area contributed by atoms with Crippen LogP contribution in [0.15, 0.2) is 59.1 Å². The molecular weight excluding hydrogens is 388 g/mol. The van der Waals surface area contributed by atoms with E-state index in [-0.39, 0.29) is 11.8 Å². The lowest BCUT2D eigenvalue weighted by Crippen LogP contribution is -2.39. The van der Waals surface area contributed by atoms with E-state index in [1.165, 1.54) is 10.9 Å². The summed E-state index contributed by atoms with van der Waals surface area (Å²) in [6.45, 7) is 5.91. The minimum absolute atomic E-state index is 0.161. The number of fused-ring (bicyclic) bond motifs is 1. The number of hydrogen-bond donors (Lipinski definition) is 0. The summed E-state index contributed by atoms with van der Waals surface area (Å²) < 4.78 is 7.67. The predicted molar refractivity (Wildman–Crippen MR) is 120 cm³/mol. The first-order valence-electron chi connectivity index (χ1n) is 10.8. The number of aryl methyl sites for hydroxylation is 2. The Balaban J connectivity index is 1.23. The van der Waals surface area contributed by atoms with Gasteiger partial charge >= 0.3 is 0 Å². The van der Waals surface area contributed by atoms with E-state index in [1.54, 1.807) is 0 Å². The second-order valence-corrected chi connectivity index (χ2v) is 8.41. The molecule has 0 aliphatic carbocycles. The zero-order valence-electron chi connectivity index (χ0n) is 17.9. The minimum atomic E-state index is 0.161. The van der Waals surface area contributed by atoms with Gasteiger partial charge < -0.3 is 14.0 Å². The van der Waals surface area contributed by atoms with Gasteiger partial charge in [-0.3, -0.25) is 4.79 Å². The van der Waals surface area contributed by atoms with Gasteiger partial charge in [-0.1, -0.05) is 53.2 Å². The third-order valence-corrected chi connectivity index (χ3v) is 6.26. The van der Waals surface area contributed by atoms with Crippen molar-refractivity contribution in [2.24, 2.45) is 0 Å². The fraction of sp³-hybridized carbons (Fsp3) is 0.320. The van der Waals surface area contributed by atoms with Gasteiger partial charge in [-0.25, -0.2) is 0 Å². The molecule has 0 N–H and O–H groups in total. The summed E-state index contributed by atoms with van der Waals surface area (Å²) >= 11 is 0. The first kappa shape index (κ1) is 19.5. The zero-order valence-corrected chi connectivity index (χ0v) is 17.9. The first-order chi connectivity index (χ1) is 15.1. The van der Waals surface area contributed by atoms with E-state index in [0.717, 1.165) is 29.6 Å². The van der Waals surface area contributed by atoms with Gasteiger partial charge in [-0.2, -0.15) is 4.98 Å². The topological polar surface area (TPSA) is 64.2 Å². The third kappa shape index (κ3) is 3.85.